The first kappa shape index (κ1) is 17.7. The molecule has 63 valence electrons. The molecule has 0 N–H and O–H groups in total. The molecule has 1 aromatic rings. The van der Waals surface area contributed by atoms with E-state index in [2.05, 4.69) is 0 Å². The SMILES string of the molecule is Cl.Cl.Cl.[Sn][O]c1ccccc1. The van der Waals surface area contributed by atoms with Crippen LogP contribution in [0.3, 0.4) is 0 Å². The van der Waals surface area contributed by atoms with Crippen LogP contribution in [0.25, 0.3) is 0 Å². The molecule has 1 nitrogen and oxygen atoms in total. The van der Waals surface area contributed by atoms with Gasteiger partial charge in [0.1, 0.15) is 0 Å². The Kier molecular flexibility index (Phi) is 17.2. The molecule has 5 heteroatoms. The molecule has 0 unspecified atom stereocenters. The summed E-state index contributed by atoms with van der Waals surface area (Å²) in [7, 11) is 0. The van der Waals surface area contributed by atoms with Crippen molar-refractivity contribution in [2.45, 2.75) is 0 Å². The Morgan fingerprint density at radius 1 is 0.909 bits per heavy atom. The molecule has 1 aromatic carbocycles. The van der Waals surface area contributed by atoms with E-state index >= 15 is 0 Å². The molecular formula is C6H8Cl3OSn. The van der Waals surface area contributed by atoms with Crippen LogP contribution >= 0.6 is 37.2 Å². The summed E-state index contributed by atoms with van der Waals surface area (Å²) in [5.74, 6) is 0.950. The van der Waals surface area contributed by atoms with Gasteiger partial charge in [0.25, 0.3) is 0 Å². The van der Waals surface area contributed by atoms with Crippen molar-refractivity contribution in [2.24, 2.45) is 0 Å². The molecule has 1 rings (SSSR count). The van der Waals surface area contributed by atoms with Gasteiger partial charge in [-0.25, -0.2) is 0 Å². The summed E-state index contributed by atoms with van der Waals surface area (Å²) < 4.78 is 5.00. The summed E-state index contributed by atoms with van der Waals surface area (Å²) in [5.41, 5.74) is 0. The summed E-state index contributed by atoms with van der Waals surface area (Å²) >= 11 is 1.09. The van der Waals surface area contributed by atoms with E-state index in [1.807, 2.05) is 30.3 Å². The summed E-state index contributed by atoms with van der Waals surface area (Å²) in [4.78, 5) is 0. The predicted octanol–water partition coefficient (Wildman–Crippen LogP) is 2.41. The van der Waals surface area contributed by atoms with E-state index in [1.165, 1.54) is 0 Å². The molecule has 0 aliphatic carbocycles. The van der Waals surface area contributed by atoms with Crippen molar-refractivity contribution in [3.8, 4) is 5.75 Å². The van der Waals surface area contributed by atoms with Crippen molar-refractivity contribution in [3.63, 3.8) is 0 Å². The maximum absolute atomic E-state index is 5.00. The minimum absolute atomic E-state index is 0. The van der Waals surface area contributed by atoms with Crippen molar-refractivity contribution in [2.75, 3.05) is 0 Å². The van der Waals surface area contributed by atoms with Crippen molar-refractivity contribution in [3.05, 3.63) is 30.3 Å². The van der Waals surface area contributed by atoms with E-state index in [4.69, 9.17) is 3.07 Å². The Balaban J connectivity index is -0.000000213. The fourth-order valence-electron chi connectivity index (χ4n) is 0.489. The van der Waals surface area contributed by atoms with Gasteiger partial charge in [0.05, 0.1) is 0 Å². The molecule has 0 aliphatic heterocycles. The van der Waals surface area contributed by atoms with Gasteiger partial charge in [-0.3, -0.25) is 0 Å². The molecule has 0 atom stereocenters. The fraction of sp³-hybridized carbons (Fsp3) is 0. The first-order chi connectivity index (χ1) is 3.93. The molecule has 0 aromatic heterocycles. The zero-order valence-corrected chi connectivity index (χ0v) is 10.8. The van der Waals surface area contributed by atoms with E-state index in [0.717, 1.165) is 28.7 Å². The van der Waals surface area contributed by atoms with Gasteiger partial charge in [0.2, 0.25) is 0 Å². The van der Waals surface area contributed by atoms with Gasteiger partial charge >= 0.3 is 62.1 Å². The van der Waals surface area contributed by atoms with E-state index < -0.39 is 0 Å². The Morgan fingerprint density at radius 2 is 1.36 bits per heavy atom. The van der Waals surface area contributed by atoms with Crippen LogP contribution in [0.5, 0.6) is 5.75 Å². The van der Waals surface area contributed by atoms with Crippen molar-refractivity contribution < 1.29 is 3.07 Å². The standard InChI is InChI=1S/C6H6O.3ClH.Sn/c7-6-4-2-1-3-5-6;;;;/h1-5,7H;3*1H;/q;;;;+1/p-1. The van der Waals surface area contributed by atoms with Gasteiger partial charge in [0.15, 0.2) is 0 Å². The third-order valence-electron chi connectivity index (χ3n) is 0.861. The van der Waals surface area contributed by atoms with E-state index in [9.17, 15) is 0 Å². The number of hydrogen-bond donors (Lipinski definition) is 0. The van der Waals surface area contributed by atoms with Crippen LogP contribution in [0.15, 0.2) is 30.3 Å². The molecule has 0 saturated heterocycles. The second-order valence-corrected chi connectivity index (χ2v) is 2.00. The minimum atomic E-state index is 0. The molecule has 3 radical (unpaired) electrons. The monoisotopic (exact) mass is 321 g/mol. The number of rotatable bonds is 1. The maximum atomic E-state index is 5.00. The third-order valence-corrected chi connectivity index (χ3v) is 1.53. The molecule has 0 fully saturated rings. The number of halogens is 3. The number of hydrogen-bond acceptors (Lipinski definition) is 1. The number of benzene rings is 1. The summed E-state index contributed by atoms with van der Waals surface area (Å²) in [5, 5.41) is 0. The average molecular weight is 321 g/mol. The molecule has 0 aliphatic rings. The molecule has 0 bridgehead atoms. The Bertz CT molecular complexity index is 159. The predicted molar refractivity (Wildman–Crippen MR) is 54.6 cm³/mol. The van der Waals surface area contributed by atoms with Gasteiger partial charge < -0.3 is 0 Å². The van der Waals surface area contributed by atoms with E-state index in [-0.39, 0.29) is 37.2 Å². The molecule has 0 amide bonds. The zero-order chi connectivity index (χ0) is 5.82. The van der Waals surface area contributed by atoms with Crippen molar-refractivity contribution >= 4 is 60.2 Å². The van der Waals surface area contributed by atoms with Crippen LogP contribution in [0.1, 0.15) is 0 Å². The van der Waals surface area contributed by atoms with Crippen LogP contribution in [0, 0.1) is 0 Å². The zero-order valence-electron chi connectivity index (χ0n) is 5.52. The van der Waals surface area contributed by atoms with Crippen LogP contribution in [-0.2, 0) is 0 Å². The first-order valence-corrected chi connectivity index (χ1v) is 3.48. The van der Waals surface area contributed by atoms with E-state index in [0.29, 0.717) is 0 Å². The van der Waals surface area contributed by atoms with Crippen molar-refractivity contribution in [1.29, 1.82) is 0 Å². The second-order valence-electron chi connectivity index (χ2n) is 1.42. The van der Waals surface area contributed by atoms with Crippen LogP contribution in [0.4, 0.5) is 0 Å². The Hall–Kier alpha value is 0.689. The van der Waals surface area contributed by atoms with Crippen LogP contribution in [-0.4, -0.2) is 22.9 Å². The summed E-state index contributed by atoms with van der Waals surface area (Å²) in [6.45, 7) is 0. The quantitative estimate of drug-likeness (QED) is 0.722. The number of para-hydroxylation sites is 1. The van der Waals surface area contributed by atoms with E-state index in [1.54, 1.807) is 0 Å². The van der Waals surface area contributed by atoms with Crippen LogP contribution in [0.2, 0.25) is 0 Å². The van der Waals surface area contributed by atoms with Gasteiger partial charge in [0, 0.05) is 0 Å². The molecular weight excluding hydrogens is 313 g/mol. The first-order valence-electron chi connectivity index (χ1n) is 2.32. The molecule has 0 heterocycles. The average Bonchev–Trinajstić information content (AvgIpc) is 1.90. The van der Waals surface area contributed by atoms with Gasteiger partial charge in [-0.05, 0) is 0 Å². The Labute approximate surface area is 98.8 Å². The normalized spacial score (nSPS) is 6.27. The van der Waals surface area contributed by atoms with Gasteiger partial charge in [-0.1, -0.05) is 0 Å². The fourth-order valence-corrected chi connectivity index (χ4v) is 0.877. The second kappa shape index (κ2) is 10.7. The van der Waals surface area contributed by atoms with Gasteiger partial charge in [-0.15, -0.1) is 37.2 Å². The molecule has 0 saturated carbocycles. The molecule has 11 heavy (non-hydrogen) atoms. The van der Waals surface area contributed by atoms with Gasteiger partial charge in [-0.2, -0.15) is 0 Å². The summed E-state index contributed by atoms with van der Waals surface area (Å²) in [6, 6.07) is 9.76. The summed E-state index contributed by atoms with van der Waals surface area (Å²) in [6.07, 6.45) is 0. The third kappa shape index (κ3) is 7.06. The molecule has 0 spiro atoms. The van der Waals surface area contributed by atoms with Crippen molar-refractivity contribution in [1.82, 2.24) is 0 Å². The van der Waals surface area contributed by atoms with Crippen LogP contribution < -0.4 is 3.07 Å². The topological polar surface area (TPSA) is 9.23 Å². The Morgan fingerprint density at radius 3 is 1.64 bits per heavy atom.